The molecule has 0 saturated carbocycles. The highest BCUT2D eigenvalue weighted by Crippen LogP contribution is 2.31. The zero-order chi connectivity index (χ0) is 15.5. The summed E-state index contributed by atoms with van der Waals surface area (Å²) < 4.78 is 32.0. The Morgan fingerprint density at radius 2 is 2.09 bits per heavy atom. The van der Waals surface area contributed by atoms with Crippen LogP contribution in [-0.2, 0) is 4.74 Å². The molecule has 1 N–H and O–H groups in total. The molecular formula is C16H13F2N3O. The van der Waals surface area contributed by atoms with Crippen LogP contribution in [0.3, 0.4) is 0 Å². The van der Waals surface area contributed by atoms with Crippen LogP contribution in [0.2, 0.25) is 0 Å². The monoisotopic (exact) mass is 301 g/mol. The molecule has 22 heavy (non-hydrogen) atoms. The van der Waals surface area contributed by atoms with Gasteiger partial charge in [0, 0.05) is 12.8 Å². The Hall–Kier alpha value is -2.52. The third-order valence-corrected chi connectivity index (χ3v) is 3.59. The molecular weight excluding hydrogens is 288 g/mol. The van der Waals surface area contributed by atoms with E-state index in [0.29, 0.717) is 23.6 Å². The summed E-state index contributed by atoms with van der Waals surface area (Å²) in [5, 5.41) is 12.0. The molecule has 1 fully saturated rings. The smallest absolute Gasteiger partial charge is 0.159 e. The van der Waals surface area contributed by atoms with Crippen LogP contribution in [0.1, 0.15) is 23.7 Å². The van der Waals surface area contributed by atoms with E-state index in [9.17, 15) is 8.78 Å². The van der Waals surface area contributed by atoms with Crippen LogP contribution in [0.4, 0.5) is 14.6 Å². The van der Waals surface area contributed by atoms with Crippen LogP contribution in [0.5, 0.6) is 0 Å². The predicted octanol–water partition coefficient (Wildman–Crippen LogP) is 3.17. The standard InChI is InChI=1S/C16H13F2N3O/c17-12-3-2-11(7-13(12)18)16-14(5-6-22-16)21-15-4-1-10(8-19)9-20-15/h1-4,7,9,14,16H,5-6H2,(H,20,21). The van der Waals surface area contributed by atoms with E-state index in [1.54, 1.807) is 12.1 Å². The molecule has 2 unspecified atom stereocenters. The van der Waals surface area contributed by atoms with E-state index in [-0.39, 0.29) is 12.1 Å². The first-order chi connectivity index (χ1) is 10.7. The van der Waals surface area contributed by atoms with Crippen molar-refractivity contribution in [3.8, 4) is 6.07 Å². The lowest BCUT2D eigenvalue weighted by molar-refractivity contribution is 0.107. The number of aromatic nitrogens is 1. The summed E-state index contributed by atoms with van der Waals surface area (Å²) in [7, 11) is 0. The highest BCUT2D eigenvalue weighted by atomic mass is 19.2. The first-order valence-corrected chi connectivity index (χ1v) is 6.86. The van der Waals surface area contributed by atoms with Gasteiger partial charge in [0.25, 0.3) is 0 Å². The number of hydrogen-bond donors (Lipinski definition) is 1. The van der Waals surface area contributed by atoms with Crippen LogP contribution < -0.4 is 5.32 Å². The number of nitrogens with zero attached hydrogens (tertiary/aromatic N) is 2. The summed E-state index contributed by atoms with van der Waals surface area (Å²) in [4.78, 5) is 4.15. The minimum atomic E-state index is -0.886. The Balaban J connectivity index is 1.77. The van der Waals surface area contributed by atoms with Crippen LogP contribution in [0, 0.1) is 23.0 Å². The highest BCUT2D eigenvalue weighted by molar-refractivity contribution is 5.41. The van der Waals surface area contributed by atoms with E-state index in [1.807, 2.05) is 6.07 Å². The van der Waals surface area contributed by atoms with Crippen molar-refractivity contribution >= 4 is 5.82 Å². The zero-order valence-corrected chi connectivity index (χ0v) is 11.6. The van der Waals surface area contributed by atoms with Gasteiger partial charge in [0.15, 0.2) is 11.6 Å². The molecule has 1 aliphatic rings. The summed E-state index contributed by atoms with van der Waals surface area (Å²) >= 11 is 0. The number of ether oxygens (including phenoxy) is 1. The quantitative estimate of drug-likeness (QED) is 0.946. The van der Waals surface area contributed by atoms with Gasteiger partial charge in [-0.15, -0.1) is 0 Å². The third-order valence-electron chi connectivity index (χ3n) is 3.59. The SMILES string of the molecule is N#Cc1ccc(NC2CCOC2c2ccc(F)c(F)c2)nc1. The molecule has 1 aliphatic heterocycles. The highest BCUT2D eigenvalue weighted by Gasteiger charge is 2.30. The van der Waals surface area contributed by atoms with Gasteiger partial charge in [-0.05, 0) is 36.2 Å². The average Bonchev–Trinajstić information content (AvgIpc) is 2.99. The summed E-state index contributed by atoms with van der Waals surface area (Å²) in [6, 6.07) is 9.06. The number of pyridine rings is 1. The fourth-order valence-corrected chi connectivity index (χ4v) is 2.49. The number of rotatable bonds is 3. The van der Waals surface area contributed by atoms with Crippen LogP contribution in [-0.4, -0.2) is 17.6 Å². The van der Waals surface area contributed by atoms with Gasteiger partial charge in [0.2, 0.25) is 0 Å². The first-order valence-electron chi connectivity index (χ1n) is 6.86. The fraction of sp³-hybridized carbons (Fsp3) is 0.250. The minimum absolute atomic E-state index is 0.0923. The van der Waals surface area contributed by atoms with Crippen molar-refractivity contribution in [2.24, 2.45) is 0 Å². The number of hydrogen-bond acceptors (Lipinski definition) is 4. The Morgan fingerprint density at radius 3 is 2.77 bits per heavy atom. The van der Waals surface area contributed by atoms with Gasteiger partial charge < -0.3 is 10.1 Å². The van der Waals surface area contributed by atoms with E-state index >= 15 is 0 Å². The van der Waals surface area contributed by atoms with Gasteiger partial charge in [-0.1, -0.05) is 6.07 Å². The molecule has 0 bridgehead atoms. The normalized spacial score (nSPS) is 20.6. The molecule has 0 amide bonds. The Labute approximate surface area is 126 Å². The second-order valence-electron chi connectivity index (χ2n) is 5.05. The van der Waals surface area contributed by atoms with Crippen LogP contribution in [0.25, 0.3) is 0 Å². The zero-order valence-electron chi connectivity index (χ0n) is 11.6. The molecule has 1 aromatic carbocycles. The summed E-state index contributed by atoms with van der Waals surface area (Å²) in [5.74, 6) is -1.15. The van der Waals surface area contributed by atoms with E-state index in [4.69, 9.17) is 10.00 Å². The Bertz CT molecular complexity index is 712. The van der Waals surface area contributed by atoms with E-state index in [2.05, 4.69) is 10.3 Å². The summed E-state index contributed by atoms with van der Waals surface area (Å²) in [6.07, 6.45) is 1.84. The summed E-state index contributed by atoms with van der Waals surface area (Å²) in [6.45, 7) is 0.525. The van der Waals surface area contributed by atoms with Gasteiger partial charge >= 0.3 is 0 Å². The molecule has 0 radical (unpaired) electrons. The van der Waals surface area contributed by atoms with Crippen molar-refractivity contribution in [3.63, 3.8) is 0 Å². The maximum absolute atomic E-state index is 13.4. The predicted molar refractivity (Wildman–Crippen MR) is 76.0 cm³/mol. The van der Waals surface area contributed by atoms with Gasteiger partial charge in [-0.3, -0.25) is 0 Å². The maximum atomic E-state index is 13.4. The number of benzene rings is 1. The molecule has 2 heterocycles. The minimum Gasteiger partial charge on any atom is -0.371 e. The van der Waals surface area contributed by atoms with Gasteiger partial charge in [-0.25, -0.2) is 13.8 Å². The lowest BCUT2D eigenvalue weighted by Gasteiger charge is -2.20. The molecule has 2 atom stereocenters. The van der Waals surface area contributed by atoms with Gasteiger partial charge in [-0.2, -0.15) is 5.26 Å². The molecule has 6 heteroatoms. The van der Waals surface area contributed by atoms with Crippen molar-refractivity contribution in [3.05, 3.63) is 59.3 Å². The number of nitrogens with one attached hydrogen (secondary N) is 1. The van der Waals surface area contributed by atoms with Crippen molar-refractivity contribution in [2.45, 2.75) is 18.6 Å². The second-order valence-corrected chi connectivity index (χ2v) is 5.05. The number of halogens is 2. The number of nitriles is 1. The van der Waals surface area contributed by atoms with Gasteiger partial charge in [0.1, 0.15) is 18.0 Å². The van der Waals surface area contributed by atoms with Crippen molar-refractivity contribution in [1.82, 2.24) is 4.98 Å². The molecule has 4 nitrogen and oxygen atoms in total. The van der Waals surface area contributed by atoms with E-state index in [1.165, 1.54) is 12.3 Å². The van der Waals surface area contributed by atoms with Crippen LogP contribution in [0.15, 0.2) is 36.5 Å². The maximum Gasteiger partial charge on any atom is 0.159 e. The molecule has 0 aliphatic carbocycles. The van der Waals surface area contributed by atoms with Crippen molar-refractivity contribution < 1.29 is 13.5 Å². The van der Waals surface area contributed by atoms with Crippen LogP contribution >= 0.6 is 0 Å². The molecule has 0 spiro atoms. The van der Waals surface area contributed by atoms with Gasteiger partial charge in [0.05, 0.1) is 11.6 Å². The molecule has 1 saturated heterocycles. The van der Waals surface area contributed by atoms with E-state index < -0.39 is 11.6 Å². The molecule has 112 valence electrons. The molecule has 1 aromatic heterocycles. The largest absolute Gasteiger partial charge is 0.371 e. The van der Waals surface area contributed by atoms with Crippen molar-refractivity contribution in [2.75, 3.05) is 11.9 Å². The molecule has 3 rings (SSSR count). The second kappa shape index (κ2) is 6.08. The average molecular weight is 301 g/mol. The summed E-state index contributed by atoms with van der Waals surface area (Å²) in [5.41, 5.74) is 1.06. The first kappa shape index (κ1) is 14.4. The molecule has 2 aromatic rings. The van der Waals surface area contributed by atoms with E-state index in [0.717, 1.165) is 18.6 Å². The lowest BCUT2D eigenvalue weighted by Crippen LogP contribution is -2.23. The third kappa shape index (κ3) is 2.90. The fourth-order valence-electron chi connectivity index (χ4n) is 2.49. The topological polar surface area (TPSA) is 57.9 Å². The Morgan fingerprint density at radius 1 is 1.23 bits per heavy atom. The van der Waals surface area contributed by atoms with Crippen molar-refractivity contribution in [1.29, 1.82) is 5.26 Å². The Kier molecular flexibility index (Phi) is 3.98. The lowest BCUT2D eigenvalue weighted by atomic mass is 10.0. The number of anilines is 1.